The van der Waals surface area contributed by atoms with Crippen LogP contribution in [0.15, 0.2) is 18.2 Å². The van der Waals surface area contributed by atoms with Crippen LogP contribution >= 0.6 is 0 Å². The van der Waals surface area contributed by atoms with E-state index in [9.17, 15) is 15.3 Å². The van der Waals surface area contributed by atoms with Crippen LogP contribution in [0.3, 0.4) is 0 Å². The van der Waals surface area contributed by atoms with Crippen molar-refractivity contribution >= 4 is 16.7 Å². The number of aromatic nitrogens is 2. The van der Waals surface area contributed by atoms with Crippen LogP contribution in [0.4, 0.5) is 5.69 Å². The van der Waals surface area contributed by atoms with Crippen molar-refractivity contribution in [1.82, 2.24) is 4.98 Å². The topological polar surface area (TPSA) is 83.0 Å². The number of non-ortho nitro benzene ring substituents is 1. The summed E-state index contributed by atoms with van der Waals surface area (Å²) in [6, 6.07) is 4.20. The van der Waals surface area contributed by atoms with Gasteiger partial charge in [0.15, 0.2) is 12.2 Å². The first kappa shape index (κ1) is 13.7. The third-order valence-electron chi connectivity index (χ3n) is 4.53. The Hall–Kier alpha value is -2.28. The molecule has 7 heteroatoms. The van der Waals surface area contributed by atoms with E-state index in [0.717, 1.165) is 28.0 Å². The highest BCUT2D eigenvalue weighted by molar-refractivity contribution is 5.74. The Morgan fingerprint density at radius 3 is 2.67 bits per heavy atom. The number of hydrogen-bond donors (Lipinski definition) is 0. The molecule has 110 valence electrons. The van der Waals surface area contributed by atoms with Gasteiger partial charge in [-0.15, -0.1) is 0 Å². The van der Waals surface area contributed by atoms with E-state index >= 15 is 0 Å². The van der Waals surface area contributed by atoms with Crippen LogP contribution in [0.5, 0.6) is 0 Å². The molecule has 0 spiro atoms. The lowest BCUT2D eigenvalue weighted by molar-refractivity contribution is -0.947. The van der Waals surface area contributed by atoms with E-state index in [1.165, 1.54) is 18.2 Å². The lowest BCUT2D eigenvalue weighted by Crippen LogP contribution is -2.43. The molecule has 0 radical (unpaired) electrons. The summed E-state index contributed by atoms with van der Waals surface area (Å²) in [5.41, 5.74) is 2.21. The molecule has 0 saturated carbocycles. The Bertz CT molecular complexity index is 741. The van der Waals surface area contributed by atoms with Crippen LogP contribution in [-0.4, -0.2) is 27.5 Å². The molecule has 0 amide bonds. The summed E-state index contributed by atoms with van der Waals surface area (Å²) in [7, 11) is 0. The predicted molar refractivity (Wildman–Crippen MR) is 76.1 cm³/mol. The average molecular weight is 289 g/mol. The summed E-state index contributed by atoms with van der Waals surface area (Å²) in [4.78, 5) is 14.9. The number of rotatable bonds is 3. The standard InChI is InChI=1S/C14H17N4O3/c1-3-18(4-2)8-12-14(9-18)16(19)13-6-5-10(17(20)21)7-11(13)15-12/h5-7H,3-4,8-9H2,1-2H3/q+1. The van der Waals surface area contributed by atoms with Gasteiger partial charge in [0.2, 0.25) is 5.52 Å². The van der Waals surface area contributed by atoms with Crippen molar-refractivity contribution in [2.24, 2.45) is 0 Å². The minimum Gasteiger partial charge on any atom is -0.618 e. The Balaban J connectivity index is 2.18. The van der Waals surface area contributed by atoms with Crippen molar-refractivity contribution in [2.45, 2.75) is 26.9 Å². The summed E-state index contributed by atoms with van der Waals surface area (Å²) < 4.78 is 1.70. The van der Waals surface area contributed by atoms with Crippen LogP contribution < -0.4 is 4.73 Å². The van der Waals surface area contributed by atoms with Crippen LogP contribution in [0.2, 0.25) is 0 Å². The first-order valence-corrected chi connectivity index (χ1v) is 7.04. The summed E-state index contributed by atoms with van der Waals surface area (Å²) in [5.74, 6) is 0. The molecular weight excluding hydrogens is 272 g/mol. The highest BCUT2D eigenvalue weighted by Gasteiger charge is 2.40. The van der Waals surface area contributed by atoms with Gasteiger partial charge in [0.05, 0.1) is 18.0 Å². The molecule has 3 rings (SSSR count). The molecule has 21 heavy (non-hydrogen) atoms. The van der Waals surface area contributed by atoms with Gasteiger partial charge in [-0.1, -0.05) is 0 Å². The fourth-order valence-corrected chi connectivity index (χ4v) is 3.00. The van der Waals surface area contributed by atoms with Gasteiger partial charge in [0.25, 0.3) is 11.4 Å². The zero-order valence-electron chi connectivity index (χ0n) is 12.1. The SMILES string of the molecule is CC[N+]1(CC)Cc2nc3cc([N+](=O)[O-])ccc3[n+]([O-])c2C1. The largest absolute Gasteiger partial charge is 0.618 e. The van der Waals surface area contributed by atoms with Gasteiger partial charge in [0, 0.05) is 18.2 Å². The van der Waals surface area contributed by atoms with E-state index in [1.807, 2.05) is 0 Å². The highest BCUT2D eigenvalue weighted by atomic mass is 16.6. The molecule has 1 aromatic carbocycles. The lowest BCUT2D eigenvalue weighted by atomic mass is 10.2. The summed E-state index contributed by atoms with van der Waals surface area (Å²) in [6.45, 7) is 7.46. The van der Waals surface area contributed by atoms with Crippen LogP contribution in [0.1, 0.15) is 25.2 Å². The third kappa shape index (κ3) is 2.01. The minimum atomic E-state index is -0.470. The number of nitro benzene ring substituents is 1. The van der Waals surface area contributed by atoms with E-state index < -0.39 is 4.92 Å². The fraction of sp³-hybridized carbons (Fsp3) is 0.429. The Morgan fingerprint density at radius 1 is 1.33 bits per heavy atom. The summed E-state index contributed by atoms with van der Waals surface area (Å²) in [5, 5.41) is 23.4. The molecule has 0 unspecified atom stereocenters. The molecular formula is C14H17N4O3+. The van der Waals surface area contributed by atoms with Crippen molar-refractivity contribution in [1.29, 1.82) is 0 Å². The Labute approximate surface area is 121 Å². The average Bonchev–Trinajstić information content (AvgIpc) is 2.86. The molecule has 0 atom stereocenters. The van der Waals surface area contributed by atoms with E-state index in [4.69, 9.17) is 0 Å². The molecule has 7 nitrogen and oxygen atoms in total. The van der Waals surface area contributed by atoms with E-state index in [0.29, 0.717) is 29.8 Å². The summed E-state index contributed by atoms with van der Waals surface area (Å²) >= 11 is 0. The minimum absolute atomic E-state index is 0.0420. The normalized spacial score (nSPS) is 16.1. The quantitative estimate of drug-likeness (QED) is 0.283. The maximum absolute atomic E-state index is 12.5. The molecule has 0 saturated heterocycles. The number of quaternary nitrogens is 1. The van der Waals surface area contributed by atoms with Crippen LogP contribution in [0.25, 0.3) is 11.0 Å². The molecule has 1 aromatic heterocycles. The molecule has 0 fully saturated rings. The maximum atomic E-state index is 12.5. The van der Waals surface area contributed by atoms with Gasteiger partial charge >= 0.3 is 0 Å². The van der Waals surface area contributed by atoms with Gasteiger partial charge in [0.1, 0.15) is 12.1 Å². The highest BCUT2D eigenvalue weighted by Crippen LogP contribution is 2.28. The van der Waals surface area contributed by atoms with Crippen molar-refractivity contribution in [3.63, 3.8) is 0 Å². The lowest BCUT2D eigenvalue weighted by Gasteiger charge is -2.30. The third-order valence-corrected chi connectivity index (χ3v) is 4.53. The van der Waals surface area contributed by atoms with Gasteiger partial charge in [-0.25, -0.2) is 4.98 Å². The molecule has 1 aliphatic rings. The van der Waals surface area contributed by atoms with Crippen molar-refractivity contribution < 1.29 is 14.1 Å². The molecule has 0 N–H and O–H groups in total. The number of nitrogens with zero attached hydrogens (tertiary/aromatic N) is 4. The van der Waals surface area contributed by atoms with Crippen molar-refractivity contribution in [2.75, 3.05) is 13.1 Å². The van der Waals surface area contributed by atoms with E-state index in [1.54, 1.807) is 0 Å². The second-order valence-electron chi connectivity index (χ2n) is 5.52. The smallest absolute Gasteiger partial charge is 0.275 e. The van der Waals surface area contributed by atoms with Crippen LogP contribution in [0, 0.1) is 15.3 Å². The zero-order chi connectivity index (χ0) is 15.2. The van der Waals surface area contributed by atoms with Crippen molar-refractivity contribution in [3.05, 3.63) is 44.9 Å². The van der Waals surface area contributed by atoms with Crippen LogP contribution in [-0.2, 0) is 13.1 Å². The van der Waals surface area contributed by atoms with E-state index in [-0.39, 0.29) is 5.69 Å². The number of hydrogen-bond acceptors (Lipinski definition) is 4. The number of benzene rings is 1. The van der Waals surface area contributed by atoms with Gasteiger partial charge < -0.3 is 9.69 Å². The molecule has 0 aliphatic carbocycles. The molecule has 0 bridgehead atoms. The molecule has 2 heterocycles. The Morgan fingerprint density at radius 2 is 2.05 bits per heavy atom. The van der Waals surface area contributed by atoms with Gasteiger partial charge in [-0.3, -0.25) is 10.1 Å². The number of nitro groups is 1. The van der Waals surface area contributed by atoms with Gasteiger partial charge in [-0.05, 0) is 13.8 Å². The maximum Gasteiger partial charge on any atom is 0.275 e. The van der Waals surface area contributed by atoms with Gasteiger partial charge in [-0.2, -0.15) is 4.73 Å². The Kier molecular flexibility index (Phi) is 3.02. The monoisotopic (exact) mass is 289 g/mol. The second kappa shape index (κ2) is 4.63. The first-order chi connectivity index (χ1) is 9.99. The summed E-state index contributed by atoms with van der Waals surface area (Å²) in [6.07, 6.45) is 0. The first-order valence-electron chi connectivity index (χ1n) is 7.04. The predicted octanol–water partition coefficient (Wildman–Crippen LogP) is 1.65. The number of fused-ring (bicyclic) bond motifs is 2. The molecule has 2 aromatic rings. The second-order valence-corrected chi connectivity index (χ2v) is 5.52. The van der Waals surface area contributed by atoms with E-state index in [2.05, 4.69) is 18.8 Å². The zero-order valence-corrected chi connectivity index (χ0v) is 12.1. The molecule has 1 aliphatic heterocycles. The van der Waals surface area contributed by atoms with Crippen molar-refractivity contribution in [3.8, 4) is 0 Å². The fourth-order valence-electron chi connectivity index (χ4n) is 3.00.